The van der Waals surface area contributed by atoms with E-state index in [4.69, 9.17) is 9.05 Å². The van der Waals surface area contributed by atoms with Crippen molar-refractivity contribution in [3.8, 4) is 11.5 Å². The predicted molar refractivity (Wildman–Crippen MR) is 75.7 cm³/mol. The summed E-state index contributed by atoms with van der Waals surface area (Å²) in [4.78, 5) is 0. The smallest absolute Gasteiger partial charge is 0.413 e. The lowest BCUT2D eigenvalue weighted by Crippen LogP contribution is -2.17. The van der Waals surface area contributed by atoms with E-state index >= 15 is 0 Å². The van der Waals surface area contributed by atoms with Gasteiger partial charge in [0.25, 0.3) is 0 Å². The molecule has 0 fully saturated rings. The van der Waals surface area contributed by atoms with E-state index in [0.29, 0.717) is 5.75 Å². The summed E-state index contributed by atoms with van der Waals surface area (Å²) in [6, 6.07) is 5.15. The normalized spacial score (nSPS) is 14.5. The van der Waals surface area contributed by atoms with Crippen LogP contribution in [-0.2, 0) is 9.09 Å². The molecule has 1 unspecified atom stereocenters. The largest absolute Gasteiger partial charge is 0.573 e. The number of halogens is 3. The molecule has 1 atom stereocenters. The third-order valence-electron chi connectivity index (χ3n) is 2.03. The molecule has 0 aliphatic carbocycles. The maximum atomic E-state index is 12.4. The van der Waals surface area contributed by atoms with Gasteiger partial charge in [0.05, 0.1) is 6.61 Å². The topological polar surface area (TPSA) is 44.8 Å². The third kappa shape index (κ3) is 6.63. The molecule has 0 saturated carbocycles. The first-order valence-corrected chi connectivity index (χ1v) is 9.36. The van der Waals surface area contributed by atoms with Gasteiger partial charge in [-0.2, -0.15) is 0 Å². The fourth-order valence-corrected chi connectivity index (χ4v) is 4.76. The molecule has 0 aromatic heterocycles. The lowest BCUT2D eigenvalue weighted by Gasteiger charge is -2.19. The minimum atomic E-state index is -4.86. The van der Waals surface area contributed by atoms with Gasteiger partial charge in [0.15, 0.2) is 11.5 Å². The Bertz CT molecular complexity index is 496. The van der Waals surface area contributed by atoms with E-state index in [0.717, 1.165) is 23.9 Å². The lowest BCUT2D eigenvalue weighted by atomic mass is 10.3. The monoisotopic (exact) mass is 344 g/mol. The van der Waals surface area contributed by atoms with Crippen LogP contribution in [-0.4, -0.2) is 18.7 Å². The van der Waals surface area contributed by atoms with E-state index in [-0.39, 0.29) is 12.4 Å². The Morgan fingerprint density at radius 2 is 1.81 bits per heavy atom. The summed E-state index contributed by atoms with van der Waals surface area (Å²) in [6.07, 6.45) is -4.13. The van der Waals surface area contributed by atoms with Crippen LogP contribution in [0.15, 0.2) is 24.3 Å². The van der Waals surface area contributed by atoms with Crippen LogP contribution >= 0.6 is 18.2 Å². The second-order valence-electron chi connectivity index (χ2n) is 3.78. The molecule has 0 radical (unpaired) electrons. The van der Waals surface area contributed by atoms with Crippen molar-refractivity contribution in [3.05, 3.63) is 24.3 Å². The summed E-state index contributed by atoms with van der Waals surface area (Å²) in [6.45, 7) is 0.0450. The Balaban J connectivity index is 2.96. The number of benzene rings is 1. The highest BCUT2D eigenvalue weighted by Crippen LogP contribution is 2.61. The van der Waals surface area contributed by atoms with Gasteiger partial charge < -0.3 is 9.26 Å². The van der Waals surface area contributed by atoms with Crippen molar-refractivity contribution in [2.75, 3.05) is 12.4 Å². The second kappa shape index (κ2) is 7.96. The molecule has 0 amide bonds. The van der Waals surface area contributed by atoms with Crippen LogP contribution in [0.25, 0.3) is 0 Å². The molecule has 1 aromatic carbocycles. The molecule has 9 heteroatoms. The molecular formula is C12H16F3O4PS. The van der Waals surface area contributed by atoms with Crippen LogP contribution in [0, 0.1) is 0 Å². The van der Waals surface area contributed by atoms with Crippen LogP contribution in [0.2, 0.25) is 0 Å². The first kappa shape index (κ1) is 18.2. The van der Waals surface area contributed by atoms with Crippen LogP contribution in [0.4, 0.5) is 13.2 Å². The Kier molecular flexibility index (Phi) is 6.90. The lowest BCUT2D eigenvalue weighted by molar-refractivity contribution is -0.275. The zero-order valence-corrected chi connectivity index (χ0v) is 13.3. The predicted octanol–water partition coefficient (Wildman–Crippen LogP) is 5.25. The summed E-state index contributed by atoms with van der Waals surface area (Å²) in [5.74, 6) is -0.322. The van der Waals surface area contributed by atoms with E-state index in [1.807, 2.05) is 6.92 Å². The van der Waals surface area contributed by atoms with E-state index in [2.05, 4.69) is 4.74 Å². The summed E-state index contributed by atoms with van der Waals surface area (Å²) in [5.41, 5.74) is 0. The van der Waals surface area contributed by atoms with Gasteiger partial charge in [-0.05, 0) is 36.9 Å². The molecule has 0 spiro atoms. The van der Waals surface area contributed by atoms with Crippen molar-refractivity contribution < 1.29 is 31.5 Å². The molecule has 0 N–H and O–H groups in total. The zero-order valence-electron chi connectivity index (χ0n) is 11.6. The quantitative estimate of drug-likeness (QED) is 0.603. The minimum Gasteiger partial charge on any atom is -0.413 e. The second-order valence-corrected chi connectivity index (χ2v) is 7.90. The van der Waals surface area contributed by atoms with Gasteiger partial charge in [-0.15, -0.1) is 13.2 Å². The standard InChI is InChI=1S/C12H16F3O4PS/c1-3-9-21-20(16,17-4-2)19-11-8-6-5-7-10(11)18-12(13,14)15/h5-8H,3-4,9H2,1-2H3. The molecule has 1 aromatic rings. The Hall–Kier alpha value is -0.850. The zero-order chi connectivity index (χ0) is 15.9. The average molecular weight is 344 g/mol. The van der Waals surface area contributed by atoms with Crippen LogP contribution < -0.4 is 9.26 Å². The Morgan fingerprint density at radius 1 is 1.19 bits per heavy atom. The van der Waals surface area contributed by atoms with Gasteiger partial charge in [0.2, 0.25) is 0 Å². The summed E-state index contributed by atoms with van der Waals surface area (Å²) in [7, 11) is 0. The van der Waals surface area contributed by atoms with Gasteiger partial charge in [0, 0.05) is 5.75 Å². The Morgan fingerprint density at radius 3 is 2.33 bits per heavy atom. The first-order valence-electron chi connectivity index (χ1n) is 6.23. The van der Waals surface area contributed by atoms with E-state index < -0.39 is 18.9 Å². The minimum absolute atomic E-state index is 0.121. The molecule has 1 rings (SSSR count). The summed E-state index contributed by atoms with van der Waals surface area (Å²) < 4.78 is 63.5. The van der Waals surface area contributed by atoms with Crippen LogP contribution in [0.1, 0.15) is 20.3 Å². The fourth-order valence-electron chi connectivity index (χ4n) is 1.31. The van der Waals surface area contributed by atoms with Crippen molar-refractivity contribution in [2.45, 2.75) is 26.6 Å². The van der Waals surface area contributed by atoms with Gasteiger partial charge in [-0.1, -0.05) is 19.1 Å². The van der Waals surface area contributed by atoms with E-state index in [9.17, 15) is 17.7 Å². The molecule has 0 saturated heterocycles. The SMILES string of the molecule is CCCSP(=O)(OCC)Oc1ccccc1OC(F)(F)F. The molecule has 21 heavy (non-hydrogen) atoms. The van der Waals surface area contributed by atoms with Crippen molar-refractivity contribution in [1.29, 1.82) is 0 Å². The molecule has 120 valence electrons. The average Bonchev–Trinajstić information content (AvgIpc) is 2.37. The van der Waals surface area contributed by atoms with E-state index in [1.165, 1.54) is 18.2 Å². The van der Waals surface area contributed by atoms with Gasteiger partial charge in [0.1, 0.15) is 0 Å². The van der Waals surface area contributed by atoms with Gasteiger partial charge in [-0.3, -0.25) is 4.52 Å². The molecule has 4 nitrogen and oxygen atoms in total. The van der Waals surface area contributed by atoms with Crippen LogP contribution in [0.5, 0.6) is 11.5 Å². The Labute approximate surface area is 125 Å². The maximum Gasteiger partial charge on any atom is 0.573 e. The van der Waals surface area contributed by atoms with Gasteiger partial charge >= 0.3 is 13.2 Å². The number of ether oxygens (including phenoxy) is 1. The molecule has 0 heterocycles. The molecule has 0 bridgehead atoms. The van der Waals surface area contributed by atoms with Crippen molar-refractivity contribution in [3.63, 3.8) is 0 Å². The number of alkyl halides is 3. The summed E-state index contributed by atoms with van der Waals surface area (Å²) >= 11 is 0.944. The maximum absolute atomic E-state index is 12.4. The fraction of sp³-hybridized carbons (Fsp3) is 0.500. The number of hydrogen-bond donors (Lipinski definition) is 0. The highest BCUT2D eigenvalue weighted by molar-refractivity contribution is 8.55. The van der Waals surface area contributed by atoms with E-state index in [1.54, 1.807) is 6.92 Å². The number of rotatable bonds is 8. The van der Waals surface area contributed by atoms with Crippen molar-refractivity contribution in [1.82, 2.24) is 0 Å². The molecular weight excluding hydrogens is 328 g/mol. The van der Waals surface area contributed by atoms with Crippen molar-refractivity contribution in [2.24, 2.45) is 0 Å². The highest BCUT2D eigenvalue weighted by atomic mass is 32.7. The third-order valence-corrected chi connectivity index (χ3v) is 5.96. The molecule has 0 aliphatic rings. The highest BCUT2D eigenvalue weighted by Gasteiger charge is 2.34. The number of hydrogen-bond acceptors (Lipinski definition) is 5. The van der Waals surface area contributed by atoms with Crippen molar-refractivity contribution >= 4 is 18.2 Å². The summed E-state index contributed by atoms with van der Waals surface area (Å²) in [5, 5.41) is 0. The number of para-hydroxylation sites is 2. The first-order chi connectivity index (χ1) is 9.79. The molecule has 0 aliphatic heterocycles. The van der Waals surface area contributed by atoms with Gasteiger partial charge in [-0.25, -0.2) is 4.57 Å². The van der Waals surface area contributed by atoms with Crippen LogP contribution in [0.3, 0.4) is 0 Å².